The Bertz CT molecular complexity index is 494. The largest absolute Gasteiger partial charge is 0.389 e. The van der Waals surface area contributed by atoms with Gasteiger partial charge in [0.15, 0.2) is 11.6 Å². The van der Waals surface area contributed by atoms with Crippen LogP contribution >= 0.6 is 12.2 Å². The molecular weight excluding hydrogens is 272 g/mol. The number of nitrogens with one attached hydrogen (secondary N) is 1. The number of anilines is 1. The Morgan fingerprint density at radius 2 is 1.89 bits per heavy atom. The lowest BCUT2D eigenvalue weighted by molar-refractivity contribution is -0.118. The third kappa shape index (κ3) is 4.44. The number of primary amides is 1. The summed E-state index contributed by atoms with van der Waals surface area (Å²) in [5.74, 6) is -2.45. The average Bonchev–Trinajstić information content (AvgIpc) is 2.33. The zero-order valence-corrected chi connectivity index (χ0v) is 11.0. The van der Waals surface area contributed by atoms with E-state index in [2.05, 4.69) is 17.5 Å². The molecule has 1 amide bonds. The molecule has 0 aliphatic carbocycles. The molecule has 104 valence electrons. The molecule has 0 radical (unpaired) electrons. The average molecular weight is 287 g/mol. The number of carbonyl (C=O) groups excluding carboxylic acids is 1. The number of nitrogens with two attached hydrogens (primary N) is 2. The molecule has 0 aliphatic rings. The molecule has 0 fully saturated rings. The van der Waals surface area contributed by atoms with E-state index < -0.39 is 11.6 Å². The van der Waals surface area contributed by atoms with Gasteiger partial charge in [0.1, 0.15) is 4.99 Å². The van der Waals surface area contributed by atoms with Crippen LogP contribution in [0.2, 0.25) is 0 Å². The number of hydrogen-bond donors (Lipinski definition) is 3. The van der Waals surface area contributed by atoms with Crippen molar-refractivity contribution in [3.05, 3.63) is 29.3 Å². The molecule has 1 rings (SSSR count). The van der Waals surface area contributed by atoms with Crippen molar-refractivity contribution >= 4 is 28.8 Å². The Kier molecular flexibility index (Phi) is 5.62. The van der Waals surface area contributed by atoms with Crippen molar-refractivity contribution in [1.29, 1.82) is 0 Å². The van der Waals surface area contributed by atoms with Gasteiger partial charge in [0.05, 0.1) is 5.69 Å². The van der Waals surface area contributed by atoms with Crippen LogP contribution in [0, 0.1) is 11.6 Å². The molecule has 0 aliphatic heterocycles. The van der Waals surface area contributed by atoms with Crippen LogP contribution in [-0.4, -0.2) is 17.4 Å². The monoisotopic (exact) mass is 287 g/mol. The van der Waals surface area contributed by atoms with E-state index in [1.165, 1.54) is 12.1 Å². The van der Waals surface area contributed by atoms with Gasteiger partial charge in [-0.1, -0.05) is 12.2 Å². The number of thiocarbonyl (C=S) groups is 1. The van der Waals surface area contributed by atoms with Crippen LogP contribution < -0.4 is 16.8 Å². The van der Waals surface area contributed by atoms with Crippen molar-refractivity contribution < 1.29 is 13.6 Å². The van der Waals surface area contributed by atoms with Crippen LogP contribution in [-0.2, 0) is 4.79 Å². The molecule has 0 aromatic heterocycles. The molecule has 0 saturated heterocycles. The molecule has 7 heteroatoms. The first kappa shape index (κ1) is 15.3. The molecule has 4 nitrogen and oxygen atoms in total. The van der Waals surface area contributed by atoms with Gasteiger partial charge in [-0.3, -0.25) is 4.79 Å². The highest BCUT2D eigenvalue weighted by atomic mass is 32.1. The summed E-state index contributed by atoms with van der Waals surface area (Å²) in [6.45, 7) is 0.413. The molecule has 19 heavy (non-hydrogen) atoms. The summed E-state index contributed by atoms with van der Waals surface area (Å²) in [7, 11) is 0. The molecule has 0 heterocycles. The van der Waals surface area contributed by atoms with E-state index in [0.29, 0.717) is 19.4 Å². The Morgan fingerprint density at radius 3 is 2.47 bits per heavy atom. The summed E-state index contributed by atoms with van der Waals surface area (Å²) < 4.78 is 27.2. The lowest BCUT2D eigenvalue weighted by Crippen LogP contribution is -2.14. The Morgan fingerprint density at radius 1 is 1.21 bits per heavy atom. The van der Waals surface area contributed by atoms with E-state index >= 15 is 0 Å². The van der Waals surface area contributed by atoms with Crippen LogP contribution in [0.15, 0.2) is 12.1 Å². The molecule has 0 unspecified atom stereocenters. The summed E-state index contributed by atoms with van der Waals surface area (Å²) in [6, 6.07) is 2.70. The van der Waals surface area contributed by atoms with Gasteiger partial charge in [-0.2, -0.15) is 0 Å². The third-order valence-corrected chi connectivity index (χ3v) is 2.73. The fraction of sp³-hybridized carbons (Fsp3) is 0.333. The zero-order valence-electron chi connectivity index (χ0n) is 10.2. The Labute approximate surface area is 115 Å². The van der Waals surface area contributed by atoms with Crippen LogP contribution in [0.5, 0.6) is 0 Å². The van der Waals surface area contributed by atoms with Crippen molar-refractivity contribution in [3.8, 4) is 0 Å². The quantitative estimate of drug-likeness (QED) is 0.526. The topological polar surface area (TPSA) is 81.1 Å². The number of hydrogen-bond acceptors (Lipinski definition) is 3. The van der Waals surface area contributed by atoms with Crippen molar-refractivity contribution in [1.82, 2.24) is 0 Å². The van der Waals surface area contributed by atoms with E-state index in [-0.39, 0.29) is 28.6 Å². The number of benzene rings is 1. The minimum Gasteiger partial charge on any atom is -0.389 e. The molecular formula is C12H15F2N3OS. The summed E-state index contributed by atoms with van der Waals surface area (Å²) in [5.41, 5.74) is 10.2. The van der Waals surface area contributed by atoms with Gasteiger partial charge in [0.2, 0.25) is 5.91 Å². The number of amides is 1. The highest BCUT2D eigenvalue weighted by Crippen LogP contribution is 2.20. The standard InChI is InChI=1S/C12H15F2N3OS/c13-10-7(12(16)19)4-5-8(11(10)14)17-6-2-1-3-9(15)18/h4-5,17H,1-3,6H2,(H2,15,18)(H2,16,19). The SMILES string of the molecule is NC(=O)CCCCNc1ccc(C(N)=S)c(F)c1F. The second kappa shape index (κ2) is 6.98. The van der Waals surface area contributed by atoms with Crippen LogP contribution in [0.25, 0.3) is 0 Å². The molecule has 0 saturated carbocycles. The van der Waals surface area contributed by atoms with Gasteiger partial charge in [-0.05, 0) is 25.0 Å². The minimum atomic E-state index is -1.06. The summed E-state index contributed by atoms with van der Waals surface area (Å²) in [5, 5.41) is 2.74. The van der Waals surface area contributed by atoms with Gasteiger partial charge in [-0.25, -0.2) is 8.78 Å². The predicted octanol–water partition coefficient (Wildman–Crippen LogP) is 1.67. The maximum Gasteiger partial charge on any atom is 0.217 e. The van der Waals surface area contributed by atoms with Crippen LogP contribution in [0.3, 0.4) is 0 Å². The first-order valence-corrected chi connectivity index (χ1v) is 6.14. The van der Waals surface area contributed by atoms with Gasteiger partial charge in [-0.15, -0.1) is 0 Å². The highest BCUT2D eigenvalue weighted by Gasteiger charge is 2.14. The number of carbonyl (C=O) groups is 1. The molecule has 0 bridgehead atoms. The zero-order chi connectivity index (χ0) is 14.4. The summed E-state index contributed by atoms with van der Waals surface area (Å²) in [6.07, 6.45) is 1.50. The Hall–Kier alpha value is -1.76. The minimum absolute atomic E-state index is 0.0385. The highest BCUT2D eigenvalue weighted by molar-refractivity contribution is 7.80. The normalized spacial score (nSPS) is 10.2. The van der Waals surface area contributed by atoms with Gasteiger partial charge in [0, 0.05) is 18.5 Å². The van der Waals surface area contributed by atoms with Gasteiger partial charge in [0.25, 0.3) is 0 Å². The number of unbranched alkanes of at least 4 members (excludes halogenated alkanes) is 1. The van der Waals surface area contributed by atoms with E-state index in [1.54, 1.807) is 0 Å². The maximum atomic E-state index is 13.6. The van der Waals surface area contributed by atoms with Crippen molar-refractivity contribution in [2.75, 3.05) is 11.9 Å². The van der Waals surface area contributed by atoms with Gasteiger partial charge < -0.3 is 16.8 Å². The number of halogens is 2. The smallest absolute Gasteiger partial charge is 0.217 e. The molecule has 1 aromatic rings. The van der Waals surface area contributed by atoms with E-state index in [0.717, 1.165) is 0 Å². The third-order valence-electron chi connectivity index (χ3n) is 2.51. The van der Waals surface area contributed by atoms with E-state index in [4.69, 9.17) is 11.5 Å². The fourth-order valence-corrected chi connectivity index (χ4v) is 1.68. The molecule has 0 spiro atoms. The van der Waals surface area contributed by atoms with E-state index in [9.17, 15) is 13.6 Å². The second-order valence-electron chi connectivity index (χ2n) is 4.00. The molecule has 0 atom stereocenters. The first-order chi connectivity index (χ1) is 8.93. The summed E-state index contributed by atoms with van der Waals surface area (Å²) >= 11 is 4.61. The van der Waals surface area contributed by atoms with Crippen molar-refractivity contribution in [2.24, 2.45) is 11.5 Å². The maximum absolute atomic E-state index is 13.6. The summed E-state index contributed by atoms with van der Waals surface area (Å²) in [4.78, 5) is 10.3. The van der Waals surface area contributed by atoms with Crippen LogP contribution in [0.4, 0.5) is 14.5 Å². The Balaban J connectivity index is 2.58. The van der Waals surface area contributed by atoms with E-state index in [1.807, 2.05) is 0 Å². The lowest BCUT2D eigenvalue weighted by atomic mass is 10.1. The molecule has 5 N–H and O–H groups in total. The van der Waals surface area contributed by atoms with Gasteiger partial charge >= 0.3 is 0 Å². The fourth-order valence-electron chi connectivity index (χ4n) is 1.52. The lowest BCUT2D eigenvalue weighted by Gasteiger charge is -2.09. The van der Waals surface area contributed by atoms with Crippen LogP contribution in [0.1, 0.15) is 24.8 Å². The van der Waals surface area contributed by atoms with Crippen molar-refractivity contribution in [3.63, 3.8) is 0 Å². The first-order valence-electron chi connectivity index (χ1n) is 5.73. The predicted molar refractivity (Wildman–Crippen MR) is 73.8 cm³/mol. The van der Waals surface area contributed by atoms with Crippen molar-refractivity contribution in [2.45, 2.75) is 19.3 Å². The number of rotatable bonds is 7. The molecule has 1 aromatic carbocycles. The second-order valence-corrected chi connectivity index (χ2v) is 4.44.